The van der Waals surface area contributed by atoms with Crippen LogP contribution in [-0.4, -0.2) is 54.0 Å². The van der Waals surface area contributed by atoms with E-state index in [1.54, 1.807) is 0 Å². The van der Waals surface area contributed by atoms with Crippen LogP contribution in [0.1, 0.15) is 30.9 Å². The summed E-state index contributed by atoms with van der Waals surface area (Å²) in [5, 5.41) is 3.12. The lowest BCUT2D eigenvalue weighted by Gasteiger charge is -2.37. The molecule has 1 heterocycles. The number of hydrogen-bond acceptors (Lipinski definition) is 3. The molecule has 0 spiro atoms. The fourth-order valence-corrected chi connectivity index (χ4v) is 3.05. The normalized spacial score (nSPS) is 21.5. The van der Waals surface area contributed by atoms with Crippen LogP contribution in [-0.2, 0) is 11.3 Å². The lowest BCUT2D eigenvalue weighted by Crippen LogP contribution is -2.53. The molecule has 4 nitrogen and oxygen atoms in total. The molecule has 1 aromatic carbocycles. The maximum atomic E-state index is 12.1. The molecule has 1 aliphatic carbocycles. The Balaban J connectivity index is 1.47. The van der Waals surface area contributed by atoms with Crippen molar-refractivity contribution in [3.63, 3.8) is 0 Å². The second-order valence-corrected chi connectivity index (χ2v) is 6.70. The van der Waals surface area contributed by atoms with Gasteiger partial charge in [0.05, 0.1) is 6.04 Å². The van der Waals surface area contributed by atoms with E-state index in [0.717, 1.165) is 45.6 Å². The molecule has 1 atom stereocenters. The number of aryl methyl sites for hydroxylation is 1. The van der Waals surface area contributed by atoms with E-state index in [0.29, 0.717) is 6.04 Å². The van der Waals surface area contributed by atoms with Gasteiger partial charge in [0.15, 0.2) is 0 Å². The average Bonchev–Trinajstić information content (AvgIpc) is 3.33. The van der Waals surface area contributed by atoms with Gasteiger partial charge < -0.3 is 5.32 Å². The lowest BCUT2D eigenvalue weighted by molar-refractivity contribution is -0.126. The smallest absolute Gasteiger partial charge is 0.237 e. The van der Waals surface area contributed by atoms with Crippen LogP contribution in [0.5, 0.6) is 0 Å². The van der Waals surface area contributed by atoms with Crippen molar-refractivity contribution in [2.45, 2.75) is 45.3 Å². The maximum Gasteiger partial charge on any atom is 0.237 e. The third-order valence-electron chi connectivity index (χ3n) is 4.91. The minimum Gasteiger partial charge on any atom is -0.352 e. The van der Waals surface area contributed by atoms with Crippen LogP contribution in [0.3, 0.4) is 0 Å². The Labute approximate surface area is 133 Å². The van der Waals surface area contributed by atoms with E-state index in [-0.39, 0.29) is 11.9 Å². The number of carbonyl (C=O) groups is 1. The Bertz CT molecular complexity index is 519. The Morgan fingerprint density at radius 1 is 1.23 bits per heavy atom. The number of amides is 1. The van der Waals surface area contributed by atoms with Crippen molar-refractivity contribution in [3.05, 3.63) is 35.4 Å². The Morgan fingerprint density at radius 2 is 1.91 bits per heavy atom. The molecule has 1 N–H and O–H groups in total. The number of rotatable bonds is 5. The summed E-state index contributed by atoms with van der Waals surface area (Å²) >= 11 is 0. The highest BCUT2D eigenvalue weighted by Gasteiger charge is 2.29. The minimum absolute atomic E-state index is 0.00112. The number of hydrogen-bond donors (Lipinski definition) is 1. The summed E-state index contributed by atoms with van der Waals surface area (Å²) in [6.45, 7) is 9.26. The fraction of sp³-hybridized carbons (Fsp3) is 0.611. The Kier molecular flexibility index (Phi) is 4.79. The number of benzene rings is 1. The van der Waals surface area contributed by atoms with Crippen molar-refractivity contribution in [3.8, 4) is 0 Å². The largest absolute Gasteiger partial charge is 0.352 e. The predicted molar refractivity (Wildman–Crippen MR) is 88.7 cm³/mol. The quantitative estimate of drug-likeness (QED) is 0.900. The topological polar surface area (TPSA) is 35.6 Å². The highest BCUT2D eigenvalue weighted by molar-refractivity contribution is 5.81. The Hall–Kier alpha value is -1.39. The Morgan fingerprint density at radius 3 is 2.55 bits per heavy atom. The first kappa shape index (κ1) is 15.5. The van der Waals surface area contributed by atoms with Crippen molar-refractivity contribution in [1.29, 1.82) is 0 Å². The summed E-state index contributed by atoms with van der Waals surface area (Å²) in [5.41, 5.74) is 2.78. The molecular formula is C18H27N3O. The number of carbonyl (C=O) groups excluding carboxylic acids is 1. The van der Waals surface area contributed by atoms with Gasteiger partial charge in [-0.05, 0) is 37.8 Å². The fourth-order valence-electron chi connectivity index (χ4n) is 3.05. The summed E-state index contributed by atoms with van der Waals surface area (Å²) in [7, 11) is 0. The van der Waals surface area contributed by atoms with E-state index < -0.39 is 0 Å². The van der Waals surface area contributed by atoms with E-state index in [1.807, 2.05) is 6.92 Å². The van der Waals surface area contributed by atoms with E-state index in [1.165, 1.54) is 11.1 Å². The van der Waals surface area contributed by atoms with Crippen LogP contribution < -0.4 is 5.32 Å². The molecule has 0 radical (unpaired) electrons. The zero-order chi connectivity index (χ0) is 15.5. The number of piperazine rings is 1. The predicted octanol–water partition coefficient (Wildman–Crippen LogP) is 1.78. The van der Waals surface area contributed by atoms with Crippen molar-refractivity contribution >= 4 is 5.91 Å². The highest BCUT2D eigenvalue weighted by atomic mass is 16.2. The average molecular weight is 301 g/mol. The monoisotopic (exact) mass is 301 g/mol. The molecule has 120 valence electrons. The van der Waals surface area contributed by atoms with E-state index in [9.17, 15) is 4.79 Å². The van der Waals surface area contributed by atoms with E-state index in [4.69, 9.17) is 0 Å². The zero-order valence-corrected chi connectivity index (χ0v) is 13.7. The van der Waals surface area contributed by atoms with Gasteiger partial charge in [0.2, 0.25) is 5.91 Å². The van der Waals surface area contributed by atoms with Gasteiger partial charge in [-0.1, -0.05) is 24.3 Å². The second-order valence-electron chi connectivity index (χ2n) is 6.70. The number of nitrogens with zero attached hydrogens (tertiary/aromatic N) is 2. The first-order valence-electron chi connectivity index (χ1n) is 8.45. The van der Waals surface area contributed by atoms with Crippen molar-refractivity contribution in [2.24, 2.45) is 0 Å². The van der Waals surface area contributed by atoms with Crippen molar-refractivity contribution in [1.82, 2.24) is 15.1 Å². The van der Waals surface area contributed by atoms with Gasteiger partial charge in [0.25, 0.3) is 0 Å². The van der Waals surface area contributed by atoms with Gasteiger partial charge in [-0.2, -0.15) is 0 Å². The molecule has 1 saturated carbocycles. The van der Waals surface area contributed by atoms with Gasteiger partial charge in [-0.3, -0.25) is 14.6 Å². The van der Waals surface area contributed by atoms with Crippen LogP contribution in [0.4, 0.5) is 0 Å². The van der Waals surface area contributed by atoms with Crippen LogP contribution in [0, 0.1) is 6.92 Å². The van der Waals surface area contributed by atoms with Gasteiger partial charge in [-0.15, -0.1) is 0 Å². The van der Waals surface area contributed by atoms with Crippen LogP contribution in [0.25, 0.3) is 0 Å². The van der Waals surface area contributed by atoms with Gasteiger partial charge in [-0.25, -0.2) is 0 Å². The molecule has 0 aromatic heterocycles. The molecule has 22 heavy (non-hydrogen) atoms. The summed E-state index contributed by atoms with van der Waals surface area (Å²) in [4.78, 5) is 16.9. The number of nitrogens with one attached hydrogen (secondary N) is 1. The molecule has 0 bridgehead atoms. The molecular weight excluding hydrogens is 274 g/mol. The maximum absolute atomic E-state index is 12.1. The van der Waals surface area contributed by atoms with Gasteiger partial charge in [0, 0.05) is 38.8 Å². The molecule has 1 aliphatic heterocycles. The van der Waals surface area contributed by atoms with Gasteiger partial charge in [0.1, 0.15) is 0 Å². The minimum atomic E-state index is 0.00112. The van der Waals surface area contributed by atoms with Crippen LogP contribution in [0.2, 0.25) is 0 Å². The molecule has 4 heteroatoms. The molecule has 0 unspecified atom stereocenters. The van der Waals surface area contributed by atoms with Crippen molar-refractivity contribution in [2.75, 3.05) is 26.2 Å². The first-order chi connectivity index (χ1) is 10.6. The molecule has 1 aromatic rings. The van der Waals surface area contributed by atoms with Crippen LogP contribution in [0.15, 0.2) is 24.3 Å². The van der Waals surface area contributed by atoms with Crippen molar-refractivity contribution < 1.29 is 4.79 Å². The van der Waals surface area contributed by atoms with E-state index >= 15 is 0 Å². The summed E-state index contributed by atoms with van der Waals surface area (Å²) in [6, 6.07) is 9.06. The SMILES string of the molecule is Cc1ccccc1CN1CCN([C@H](C)C(=O)NC2CC2)CC1. The third-order valence-corrected chi connectivity index (χ3v) is 4.91. The van der Waals surface area contributed by atoms with Gasteiger partial charge >= 0.3 is 0 Å². The third kappa shape index (κ3) is 3.87. The summed E-state index contributed by atoms with van der Waals surface area (Å²) in [6.07, 6.45) is 2.31. The van der Waals surface area contributed by atoms with E-state index in [2.05, 4.69) is 46.3 Å². The lowest BCUT2D eigenvalue weighted by atomic mass is 10.1. The highest BCUT2D eigenvalue weighted by Crippen LogP contribution is 2.19. The molecule has 3 rings (SSSR count). The summed E-state index contributed by atoms with van der Waals surface area (Å²) in [5.74, 6) is 0.204. The standard InChI is InChI=1S/C18H27N3O/c1-14-5-3-4-6-16(14)13-20-9-11-21(12-10-20)15(2)18(22)19-17-7-8-17/h3-6,15,17H,7-13H2,1-2H3,(H,19,22)/t15-/m1/s1. The zero-order valence-electron chi connectivity index (χ0n) is 13.7. The molecule has 2 aliphatic rings. The first-order valence-corrected chi connectivity index (χ1v) is 8.45. The summed E-state index contributed by atoms with van der Waals surface area (Å²) < 4.78 is 0. The second kappa shape index (κ2) is 6.80. The molecule has 2 fully saturated rings. The molecule has 1 saturated heterocycles. The van der Waals surface area contributed by atoms with Crippen LogP contribution >= 0.6 is 0 Å². The molecule has 1 amide bonds.